The van der Waals surface area contributed by atoms with Gasteiger partial charge in [0.05, 0.1) is 10.7 Å². The summed E-state index contributed by atoms with van der Waals surface area (Å²) in [4.78, 5) is 16.8. The van der Waals surface area contributed by atoms with Crippen molar-refractivity contribution < 1.29 is 9.18 Å². The van der Waals surface area contributed by atoms with E-state index in [1.807, 2.05) is 35.7 Å². The Morgan fingerprint density at radius 1 is 1.07 bits per heavy atom. The highest BCUT2D eigenvalue weighted by atomic mass is 35.5. The van der Waals surface area contributed by atoms with Gasteiger partial charge in [-0.25, -0.2) is 9.37 Å². The number of nitrogens with zero attached hydrogens (tertiary/aromatic N) is 3. The van der Waals surface area contributed by atoms with Gasteiger partial charge < -0.3 is 5.32 Å². The summed E-state index contributed by atoms with van der Waals surface area (Å²) in [5, 5.41) is 14.3. The molecule has 0 saturated carbocycles. The molecule has 4 rings (SSSR count). The van der Waals surface area contributed by atoms with Crippen LogP contribution in [0.15, 0.2) is 60.0 Å². The minimum atomic E-state index is -0.306. The third kappa shape index (κ3) is 4.96. The van der Waals surface area contributed by atoms with E-state index >= 15 is 0 Å². The van der Waals surface area contributed by atoms with Crippen molar-refractivity contribution in [1.29, 1.82) is 0 Å². The molecule has 1 N–H and O–H groups in total. The Morgan fingerprint density at radius 3 is 2.57 bits per heavy atom. The molecule has 0 bridgehead atoms. The molecule has 0 spiro atoms. The Kier molecular flexibility index (Phi) is 6.27. The summed E-state index contributed by atoms with van der Waals surface area (Å²) in [6.45, 7) is 0.406. The number of aromatic nitrogens is 3. The summed E-state index contributed by atoms with van der Waals surface area (Å²) < 4.78 is 13.1. The molecule has 0 radical (unpaired) electrons. The Morgan fingerprint density at radius 2 is 1.80 bits per heavy atom. The van der Waals surface area contributed by atoms with E-state index in [0.29, 0.717) is 22.3 Å². The highest BCUT2D eigenvalue weighted by Crippen LogP contribution is 2.28. The van der Waals surface area contributed by atoms with E-state index in [1.165, 1.54) is 23.5 Å². The van der Waals surface area contributed by atoms with E-state index in [4.69, 9.17) is 11.6 Å². The second-order valence-corrected chi connectivity index (χ2v) is 8.40. The van der Waals surface area contributed by atoms with Crippen LogP contribution in [0, 0.1) is 5.82 Å². The highest BCUT2D eigenvalue weighted by molar-refractivity contribution is 7.15. The minimum absolute atomic E-state index is 0.234. The first-order valence-corrected chi connectivity index (χ1v) is 10.9. The van der Waals surface area contributed by atoms with Crippen molar-refractivity contribution in [2.75, 3.05) is 0 Å². The Labute approximate surface area is 184 Å². The first-order valence-electron chi connectivity index (χ1n) is 8.83. The van der Waals surface area contributed by atoms with Crippen molar-refractivity contribution in [2.45, 2.75) is 6.54 Å². The van der Waals surface area contributed by atoms with Gasteiger partial charge in [-0.3, -0.25) is 4.79 Å². The fourth-order valence-electron chi connectivity index (χ4n) is 2.53. The molecule has 5 nitrogen and oxygen atoms in total. The number of carbonyl (C=O) groups is 1. The molecule has 0 aliphatic heterocycles. The number of rotatable bonds is 6. The molecule has 0 saturated heterocycles. The van der Waals surface area contributed by atoms with Gasteiger partial charge in [-0.1, -0.05) is 53.3 Å². The predicted octanol–water partition coefficient (Wildman–Crippen LogP) is 5.47. The smallest absolute Gasteiger partial charge is 0.282 e. The van der Waals surface area contributed by atoms with Crippen LogP contribution in [-0.4, -0.2) is 21.1 Å². The van der Waals surface area contributed by atoms with Crippen LogP contribution in [0.4, 0.5) is 4.39 Å². The quantitative estimate of drug-likeness (QED) is 0.418. The lowest BCUT2D eigenvalue weighted by Crippen LogP contribution is -2.22. The average molecular weight is 457 g/mol. The lowest BCUT2D eigenvalue weighted by Gasteiger charge is -2.01. The lowest BCUT2D eigenvalue weighted by molar-refractivity contribution is 0.0950. The number of nitrogens with one attached hydrogen (secondary N) is 1. The van der Waals surface area contributed by atoms with Crippen molar-refractivity contribution in [1.82, 2.24) is 20.5 Å². The standard InChI is InChI=1S/C21H14ClFN4OS2/c22-17(10-16-12-29-19(25-16)14-6-8-15(23)9-7-14)20-26-27-21(30-20)18(28)24-11-13-4-2-1-3-5-13/h1-10,12H,11H2,(H,24,28)/b17-10-. The molecule has 0 unspecified atom stereocenters. The Hall–Kier alpha value is -2.94. The number of amides is 1. The topological polar surface area (TPSA) is 67.8 Å². The third-order valence-corrected chi connectivity index (χ3v) is 6.27. The maximum absolute atomic E-state index is 13.1. The van der Waals surface area contributed by atoms with Crippen LogP contribution in [0.3, 0.4) is 0 Å². The van der Waals surface area contributed by atoms with Crippen LogP contribution in [0.5, 0.6) is 0 Å². The number of carbonyl (C=O) groups excluding carboxylic acids is 1. The van der Waals surface area contributed by atoms with E-state index in [9.17, 15) is 9.18 Å². The highest BCUT2D eigenvalue weighted by Gasteiger charge is 2.15. The van der Waals surface area contributed by atoms with E-state index < -0.39 is 0 Å². The van der Waals surface area contributed by atoms with Crippen molar-refractivity contribution in [3.63, 3.8) is 0 Å². The van der Waals surface area contributed by atoms with Crippen molar-refractivity contribution in [3.8, 4) is 10.6 Å². The van der Waals surface area contributed by atoms with Crippen LogP contribution in [-0.2, 0) is 6.54 Å². The number of thiazole rings is 1. The molecule has 2 heterocycles. The summed E-state index contributed by atoms with van der Waals surface area (Å²) in [5.74, 6) is -0.599. The van der Waals surface area contributed by atoms with E-state index in [-0.39, 0.29) is 16.7 Å². The zero-order chi connectivity index (χ0) is 20.9. The summed E-state index contributed by atoms with van der Waals surface area (Å²) >= 11 is 8.89. The molecule has 1 amide bonds. The molecule has 9 heteroatoms. The van der Waals surface area contributed by atoms with E-state index in [0.717, 1.165) is 27.5 Å². The largest absolute Gasteiger partial charge is 0.346 e. The van der Waals surface area contributed by atoms with Gasteiger partial charge in [0.25, 0.3) is 5.91 Å². The fourth-order valence-corrected chi connectivity index (χ4v) is 4.25. The minimum Gasteiger partial charge on any atom is -0.346 e. The molecule has 2 aromatic heterocycles. The van der Waals surface area contributed by atoms with E-state index in [1.54, 1.807) is 18.2 Å². The van der Waals surface area contributed by atoms with Crippen LogP contribution >= 0.6 is 34.3 Å². The van der Waals surface area contributed by atoms with E-state index in [2.05, 4.69) is 20.5 Å². The summed E-state index contributed by atoms with van der Waals surface area (Å²) in [6, 6.07) is 15.7. The van der Waals surface area contributed by atoms with Crippen molar-refractivity contribution in [3.05, 3.63) is 87.1 Å². The van der Waals surface area contributed by atoms with Crippen LogP contribution in [0.1, 0.15) is 26.1 Å². The van der Waals surface area contributed by atoms with Gasteiger partial charge in [0.2, 0.25) is 5.01 Å². The molecule has 0 aliphatic rings. The fraction of sp³-hybridized carbons (Fsp3) is 0.0476. The summed E-state index contributed by atoms with van der Waals surface area (Å²) in [7, 11) is 0. The zero-order valence-corrected chi connectivity index (χ0v) is 17.8. The molecule has 150 valence electrons. The third-order valence-electron chi connectivity index (χ3n) is 4.01. The number of hydrogen-bond acceptors (Lipinski definition) is 6. The average Bonchev–Trinajstić information content (AvgIpc) is 3.43. The van der Waals surface area contributed by atoms with Crippen LogP contribution in [0.2, 0.25) is 0 Å². The molecule has 0 fully saturated rings. The normalized spacial score (nSPS) is 11.5. The maximum Gasteiger partial charge on any atom is 0.282 e. The van der Waals surface area contributed by atoms with Gasteiger partial charge in [-0.15, -0.1) is 21.5 Å². The van der Waals surface area contributed by atoms with Gasteiger partial charge in [0, 0.05) is 17.5 Å². The van der Waals surface area contributed by atoms with Crippen LogP contribution in [0.25, 0.3) is 21.7 Å². The molecule has 4 aromatic rings. The second-order valence-electron chi connectivity index (χ2n) is 6.16. The number of hydrogen-bond donors (Lipinski definition) is 1. The molecule has 2 aromatic carbocycles. The SMILES string of the molecule is O=C(NCc1ccccc1)c1nnc(/C(Cl)=C/c2csc(-c3ccc(F)cc3)n2)s1. The predicted molar refractivity (Wildman–Crippen MR) is 119 cm³/mol. The van der Waals surface area contributed by atoms with Gasteiger partial charge >= 0.3 is 0 Å². The first kappa shape index (κ1) is 20.3. The monoisotopic (exact) mass is 456 g/mol. The first-order chi connectivity index (χ1) is 14.6. The Balaban J connectivity index is 1.43. The summed E-state index contributed by atoms with van der Waals surface area (Å²) in [5.41, 5.74) is 2.47. The van der Waals surface area contributed by atoms with Crippen molar-refractivity contribution in [2.24, 2.45) is 0 Å². The molecular weight excluding hydrogens is 443 g/mol. The van der Waals surface area contributed by atoms with Crippen molar-refractivity contribution >= 4 is 51.3 Å². The molecule has 0 aliphatic carbocycles. The molecule has 30 heavy (non-hydrogen) atoms. The van der Waals surface area contributed by atoms with Gasteiger partial charge in [-0.05, 0) is 35.9 Å². The lowest BCUT2D eigenvalue weighted by atomic mass is 10.2. The van der Waals surface area contributed by atoms with Crippen LogP contribution < -0.4 is 5.32 Å². The van der Waals surface area contributed by atoms with Gasteiger partial charge in [0.15, 0.2) is 5.01 Å². The maximum atomic E-state index is 13.1. The molecular formula is C21H14ClFN4OS2. The zero-order valence-electron chi connectivity index (χ0n) is 15.4. The molecule has 0 atom stereocenters. The Bertz CT molecular complexity index is 1190. The number of halogens is 2. The second kappa shape index (κ2) is 9.25. The van der Waals surface area contributed by atoms with Gasteiger partial charge in [-0.2, -0.15) is 0 Å². The summed E-state index contributed by atoms with van der Waals surface area (Å²) in [6.07, 6.45) is 1.66. The van der Waals surface area contributed by atoms with Gasteiger partial charge in [0.1, 0.15) is 10.8 Å². The number of benzene rings is 2.